The lowest BCUT2D eigenvalue weighted by Crippen LogP contribution is -2.15. The second-order valence-electron chi connectivity index (χ2n) is 4.03. The van der Waals surface area contributed by atoms with Gasteiger partial charge < -0.3 is 11.5 Å². The number of amides is 1. The summed E-state index contributed by atoms with van der Waals surface area (Å²) in [7, 11) is -3.36. The van der Waals surface area contributed by atoms with Crippen LogP contribution in [0.15, 0.2) is 35.5 Å². The molecule has 7 nitrogen and oxygen atoms in total. The molecule has 0 fully saturated rings. The van der Waals surface area contributed by atoms with E-state index in [1.54, 1.807) is 0 Å². The predicted molar refractivity (Wildman–Crippen MR) is 69.6 cm³/mol. The largest absolute Gasteiger partial charge is 0.399 e. The summed E-state index contributed by atoms with van der Waals surface area (Å²) in [4.78, 5) is 11.4. The molecule has 1 aromatic heterocycles. The summed E-state index contributed by atoms with van der Waals surface area (Å²) in [5, 5.41) is 3.91. The van der Waals surface area contributed by atoms with Crippen molar-refractivity contribution in [2.45, 2.75) is 4.90 Å². The van der Waals surface area contributed by atoms with Gasteiger partial charge in [-0.3, -0.25) is 4.79 Å². The van der Waals surface area contributed by atoms with Crippen LogP contribution in [-0.2, 0) is 9.84 Å². The van der Waals surface area contributed by atoms with Gasteiger partial charge in [-0.05, 0) is 18.2 Å². The quantitative estimate of drug-likeness (QED) is 0.764. The Morgan fingerprint density at radius 3 is 2.58 bits per heavy atom. The van der Waals surface area contributed by atoms with Crippen LogP contribution in [0.3, 0.4) is 0 Å². The van der Waals surface area contributed by atoms with E-state index >= 15 is 0 Å². The summed E-state index contributed by atoms with van der Waals surface area (Å²) in [6.45, 7) is 0. The Hall–Kier alpha value is -2.35. The van der Waals surface area contributed by atoms with Gasteiger partial charge >= 0.3 is 0 Å². The summed E-state index contributed by atoms with van der Waals surface area (Å²) in [5.74, 6) is -0.647. The van der Waals surface area contributed by atoms with Crippen molar-refractivity contribution in [2.75, 3.05) is 12.0 Å². The molecule has 0 atom stereocenters. The van der Waals surface area contributed by atoms with Crippen LogP contribution in [0.5, 0.6) is 0 Å². The lowest BCUT2D eigenvalue weighted by atomic mass is 10.1. The van der Waals surface area contributed by atoms with Crippen molar-refractivity contribution in [1.82, 2.24) is 9.78 Å². The van der Waals surface area contributed by atoms with Crippen molar-refractivity contribution < 1.29 is 13.2 Å². The summed E-state index contributed by atoms with van der Waals surface area (Å²) in [5.41, 5.74) is 11.9. The molecule has 0 saturated carbocycles. The van der Waals surface area contributed by atoms with Crippen LogP contribution < -0.4 is 11.5 Å². The first kappa shape index (κ1) is 13.1. The number of rotatable bonds is 3. The fourth-order valence-corrected chi connectivity index (χ4v) is 2.11. The van der Waals surface area contributed by atoms with E-state index in [0.29, 0.717) is 11.4 Å². The number of primary amides is 1. The third kappa shape index (κ3) is 2.58. The van der Waals surface area contributed by atoms with E-state index in [9.17, 15) is 13.2 Å². The fraction of sp³-hybridized carbons (Fsp3) is 0.0909. The van der Waals surface area contributed by atoms with Crippen LogP contribution in [0, 0.1) is 0 Å². The monoisotopic (exact) mass is 280 g/mol. The van der Waals surface area contributed by atoms with Crippen molar-refractivity contribution in [2.24, 2.45) is 5.73 Å². The number of hydrogen-bond acceptors (Lipinski definition) is 5. The van der Waals surface area contributed by atoms with Gasteiger partial charge in [-0.25, -0.2) is 13.1 Å². The third-order valence-corrected chi connectivity index (χ3v) is 3.59. The second kappa shape index (κ2) is 4.39. The van der Waals surface area contributed by atoms with E-state index in [2.05, 4.69) is 5.10 Å². The fourth-order valence-electron chi connectivity index (χ4n) is 1.58. The molecule has 0 aliphatic rings. The number of nitrogens with zero attached hydrogens (tertiary/aromatic N) is 2. The van der Waals surface area contributed by atoms with Crippen molar-refractivity contribution in [3.05, 3.63) is 36.2 Å². The normalized spacial score (nSPS) is 11.4. The molecule has 0 radical (unpaired) electrons. The van der Waals surface area contributed by atoms with Crippen LogP contribution in [0.2, 0.25) is 0 Å². The van der Waals surface area contributed by atoms with Crippen LogP contribution >= 0.6 is 0 Å². The van der Waals surface area contributed by atoms with Gasteiger partial charge in [-0.2, -0.15) is 5.10 Å². The van der Waals surface area contributed by atoms with Gasteiger partial charge in [0.1, 0.15) is 4.90 Å². The maximum atomic E-state index is 11.4. The highest BCUT2D eigenvalue weighted by atomic mass is 32.2. The molecular formula is C11H12N4O3S. The Morgan fingerprint density at radius 1 is 1.37 bits per heavy atom. The highest BCUT2D eigenvalue weighted by Gasteiger charge is 2.15. The maximum absolute atomic E-state index is 11.4. The lowest BCUT2D eigenvalue weighted by Gasteiger charge is -2.07. The summed E-state index contributed by atoms with van der Waals surface area (Å²) >= 11 is 0. The number of benzene rings is 1. The van der Waals surface area contributed by atoms with E-state index in [1.165, 1.54) is 35.3 Å². The average molecular weight is 280 g/mol. The topological polar surface area (TPSA) is 121 Å². The average Bonchev–Trinajstić information content (AvgIpc) is 2.77. The Balaban J connectivity index is 2.62. The van der Waals surface area contributed by atoms with E-state index in [1.807, 2.05) is 0 Å². The van der Waals surface area contributed by atoms with Gasteiger partial charge in [0.25, 0.3) is 5.91 Å². The number of nitrogen functional groups attached to an aromatic ring is 1. The molecule has 8 heteroatoms. The van der Waals surface area contributed by atoms with E-state index in [-0.39, 0.29) is 10.5 Å². The van der Waals surface area contributed by atoms with Gasteiger partial charge in [0.2, 0.25) is 0 Å². The zero-order valence-electron chi connectivity index (χ0n) is 10.1. The third-order valence-electron chi connectivity index (χ3n) is 2.52. The van der Waals surface area contributed by atoms with Gasteiger partial charge in [-0.1, -0.05) is 0 Å². The first-order valence-electron chi connectivity index (χ1n) is 5.23. The molecule has 19 heavy (non-hydrogen) atoms. The van der Waals surface area contributed by atoms with Crippen molar-refractivity contribution in [1.29, 1.82) is 0 Å². The Kier molecular flexibility index (Phi) is 3.03. The highest BCUT2D eigenvalue weighted by Crippen LogP contribution is 2.19. The van der Waals surface area contributed by atoms with Crippen molar-refractivity contribution >= 4 is 21.4 Å². The molecule has 0 aliphatic heterocycles. The molecule has 1 aromatic carbocycles. The maximum Gasteiger partial charge on any atom is 0.250 e. The van der Waals surface area contributed by atoms with Crippen molar-refractivity contribution in [3.63, 3.8) is 0 Å². The molecule has 1 heterocycles. The predicted octanol–water partition coefficient (Wildman–Crippen LogP) is -0.0431. The molecule has 100 valence electrons. The van der Waals surface area contributed by atoms with E-state index in [4.69, 9.17) is 11.5 Å². The second-order valence-corrected chi connectivity index (χ2v) is 6.05. The van der Waals surface area contributed by atoms with Gasteiger partial charge in [0.05, 0.1) is 17.4 Å². The number of carbonyl (C=O) groups is 1. The number of anilines is 1. The SMILES string of the molecule is CS(=O)(=O)c1cnn(-c2cc(N)ccc2C(N)=O)c1. The molecule has 0 unspecified atom stereocenters. The zero-order valence-corrected chi connectivity index (χ0v) is 10.9. The minimum absolute atomic E-state index is 0.0466. The first-order chi connectivity index (χ1) is 8.79. The lowest BCUT2D eigenvalue weighted by molar-refractivity contribution is 0.1000. The smallest absolute Gasteiger partial charge is 0.250 e. The summed E-state index contributed by atoms with van der Waals surface area (Å²) < 4.78 is 24.0. The van der Waals surface area contributed by atoms with Crippen LogP contribution in [0.4, 0.5) is 5.69 Å². The van der Waals surface area contributed by atoms with Crippen LogP contribution in [-0.4, -0.2) is 30.4 Å². The minimum atomic E-state index is -3.36. The van der Waals surface area contributed by atoms with Gasteiger partial charge in [0, 0.05) is 18.1 Å². The van der Waals surface area contributed by atoms with Gasteiger partial charge in [0.15, 0.2) is 9.84 Å². The molecule has 0 saturated heterocycles. The molecular weight excluding hydrogens is 268 g/mol. The number of hydrogen-bond donors (Lipinski definition) is 2. The highest BCUT2D eigenvalue weighted by molar-refractivity contribution is 7.90. The van der Waals surface area contributed by atoms with Gasteiger partial charge in [-0.15, -0.1) is 0 Å². The molecule has 0 bridgehead atoms. The number of aromatic nitrogens is 2. The molecule has 0 aliphatic carbocycles. The standard InChI is InChI=1S/C11H12N4O3S/c1-19(17,18)8-5-14-15(6-8)10-4-7(12)2-3-9(10)11(13)16/h2-6H,12H2,1H3,(H2,13,16). The molecule has 2 rings (SSSR count). The minimum Gasteiger partial charge on any atom is -0.399 e. The Morgan fingerprint density at radius 2 is 2.05 bits per heavy atom. The number of carbonyl (C=O) groups excluding carboxylic acids is 1. The van der Waals surface area contributed by atoms with E-state index in [0.717, 1.165) is 6.26 Å². The van der Waals surface area contributed by atoms with Crippen LogP contribution in [0.1, 0.15) is 10.4 Å². The Labute approximate surface area is 109 Å². The molecule has 0 spiro atoms. The number of nitrogens with two attached hydrogens (primary N) is 2. The summed E-state index contributed by atoms with van der Waals surface area (Å²) in [6, 6.07) is 4.50. The summed E-state index contributed by atoms with van der Waals surface area (Å²) in [6.07, 6.45) is 3.57. The Bertz CT molecular complexity index is 749. The zero-order chi connectivity index (χ0) is 14.2. The van der Waals surface area contributed by atoms with E-state index < -0.39 is 15.7 Å². The first-order valence-corrected chi connectivity index (χ1v) is 7.12. The molecule has 1 amide bonds. The number of sulfone groups is 1. The molecule has 4 N–H and O–H groups in total. The van der Waals surface area contributed by atoms with Crippen LogP contribution in [0.25, 0.3) is 5.69 Å². The van der Waals surface area contributed by atoms with Crippen molar-refractivity contribution in [3.8, 4) is 5.69 Å². The molecule has 2 aromatic rings.